The van der Waals surface area contributed by atoms with Crippen LogP contribution in [-0.4, -0.2) is 25.7 Å². The molecule has 5 nitrogen and oxygen atoms in total. The summed E-state index contributed by atoms with van der Waals surface area (Å²) in [5.74, 6) is 0. The normalized spacial score (nSPS) is 15.1. The summed E-state index contributed by atoms with van der Waals surface area (Å²) in [5, 5.41) is 10.0. The molecule has 0 fully saturated rings. The molecule has 1 rings (SSSR count). The van der Waals surface area contributed by atoms with Crippen LogP contribution in [0.4, 0.5) is 5.69 Å². The van der Waals surface area contributed by atoms with E-state index in [1.807, 2.05) is 6.92 Å². The number of hydrogen-bond acceptors (Lipinski definition) is 4. The average molecular weight is 365 g/mol. The molecule has 0 saturated carbocycles. The van der Waals surface area contributed by atoms with Crippen molar-refractivity contribution in [2.45, 2.75) is 44.1 Å². The molecule has 1 atom stereocenters. The lowest BCUT2D eigenvalue weighted by Gasteiger charge is -2.23. The number of sulfonamides is 1. The Labute approximate surface area is 128 Å². The van der Waals surface area contributed by atoms with Crippen molar-refractivity contribution in [3.63, 3.8) is 0 Å². The van der Waals surface area contributed by atoms with E-state index in [0.29, 0.717) is 22.1 Å². The Kier molecular flexibility index (Phi) is 5.60. The highest BCUT2D eigenvalue weighted by atomic mass is 79.9. The van der Waals surface area contributed by atoms with Crippen molar-refractivity contribution in [3.05, 3.63) is 22.2 Å². The first-order chi connectivity index (χ1) is 9.09. The first kappa shape index (κ1) is 17.4. The molecule has 0 spiro atoms. The summed E-state index contributed by atoms with van der Waals surface area (Å²) in [7, 11) is -3.69. The van der Waals surface area contributed by atoms with Gasteiger partial charge in [-0.05, 0) is 53.9 Å². The molecular weight excluding hydrogens is 344 g/mol. The maximum Gasteiger partial charge on any atom is 0.241 e. The third-order valence-corrected chi connectivity index (χ3v) is 5.25. The second kappa shape index (κ2) is 6.43. The van der Waals surface area contributed by atoms with Gasteiger partial charge < -0.3 is 10.8 Å². The number of nitrogen functional groups attached to an aromatic ring is 1. The van der Waals surface area contributed by atoms with Crippen molar-refractivity contribution in [1.29, 1.82) is 0 Å². The van der Waals surface area contributed by atoms with E-state index in [0.717, 1.165) is 6.42 Å². The summed E-state index contributed by atoms with van der Waals surface area (Å²) < 4.78 is 27.6. The largest absolute Gasteiger partial charge is 0.398 e. The average Bonchev–Trinajstić information content (AvgIpc) is 2.31. The molecule has 1 aromatic carbocycles. The molecule has 0 aliphatic heterocycles. The lowest BCUT2D eigenvalue weighted by atomic mass is 10.0. The minimum atomic E-state index is -3.69. The van der Waals surface area contributed by atoms with Gasteiger partial charge >= 0.3 is 0 Å². The van der Waals surface area contributed by atoms with Gasteiger partial charge in [0.25, 0.3) is 0 Å². The molecule has 0 bridgehead atoms. The number of hydrogen-bond donors (Lipinski definition) is 3. The molecule has 0 heterocycles. The summed E-state index contributed by atoms with van der Waals surface area (Å²) in [6.07, 6.45) is 1.30. The number of aliphatic hydroxyl groups is 1. The van der Waals surface area contributed by atoms with E-state index in [2.05, 4.69) is 20.7 Å². The third-order valence-electron chi connectivity index (χ3n) is 3.02. The quantitative estimate of drug-likeness (QED) is 0.674. The zero-order valence-electron chi connectivity index (χ0n) is 11.9. The molecule has 0 aliphatic rings. The Morgan fingerprint density at radius 1 is 1.45 bits per heavy atom. The van der Waals surface area contributed by atoms with Gasteiger partial charge in [-0.2, -0.15) is 0 Å². The molecule has 0 saturated heterocycles. The number of aryl methyl sites for hydroxylation is 1. The predicted octanol–water partition coefficient (Wildman–Crippen LogP) is 2.17. The van der Waals surface area contributed by atoms with Crippen LogP contribution < -0.4 is 10.5 Å². The number of rotatable bonds is 6. The number of benzene rings is 1. The molecule has 20 heavy (non-hydrogen) atoms. The van der Waals surface area contributed by atoms with E-state index in [1.54, 1.807) is 19.9 Å². The summed E-state index contributed by atoms with van der Waals surface area (Å²) in [6.45, 7) is 5.21. The van der Waals surface area contributed by atoms with Crippen molar-refractivity contribution in [2.75, 3.05) is 12.3 Å². The highest BCUT2D eigenvalue weighted by Gasteiger charge is 2.24. The van der Waals surface area contributed by atoms with Crippen molar-refractivity contribution in [3.8, 4) is 0 Å². The lowest BCUT2D eigenvalue weighted by Crippen LogP contribution is -2.40. The Balaban J connectivity index is 2.98. The van der Waals surface area contributed by atoms with Crippen LogP contribution in [-0.2, 0) is 10.0 Å². The SMILES string of the molecule is CCCC(C)(O)CNS(=O)(=O)c1cc(N)c(Br)cc1C. The highest BCUT2D eigenvalue weighted by molar-refractivity contribution is 9.10. The molecule has 0 radical (unpaired) electrons. The molecule has 0 amide bonds. The van der Waals surface area contributed by atoms with Crippen molar-refractivity contribution in [1.82, 2.24) is 4.72 Å². The lowest BCUT2D eigenvalue weighted by molar-refractivity contribution is 0.0554. The van der Waals surface area contributed by atoms with Gasteiger partial charge in [0.05, 0.1) is 10.5 Å². The minimum Gasteiger partial charge on any atom is -0.398 e. The first-order valence-corrected chi connectivity index (χ1v) is 8.64. The third kappa shape index (κ3) is 4.44. The van der Waals surface area contributed by atoms with Gasteiger partial charge in [0.2, 0.25) is 10.0 Å². The van der Waals surface area contributed by atoms with Crippen LogP contribution in [0.15, 0.2) is 21.5 Å². The second-order valence-electron chi connectivity index (χ2n) is 5.21. The Hall–Kier alpha value is -0.630. The Bertz CT molecular complexity index is 586. The number of anilines is 1. The van der Waals surface area contributed by atoms with Crippen LogP contribution in [0.25, 0.3) is 0 Å². The van der Waals surface area contributed by atoms with Gasteiger partial charge in [-0.1, -0.05) is 13.3 Å². The molecule has 1 aromatic rings. The number of halogens is 1. The van der Waals surface area contributed by atoms with E-state index in [-0.39, 0.29) is 11.4 Å². The van der Waals surface area contributed by atoms with Crippen molar-refractivity contribution < 1.29 is 13.5 Å². The van der Waals surface area contributed by atoms with Crippen molar-refractivity contribution in [2.24, 2.45) is 0 Å². The summed E-state index contributed by atoms with van der Waals surface area (Å²) >= 11 is 3.26. The van der Waals surface area contributed by atoms with Crippen LogP contribution in [0.1, 0.15) is 32.3 Å². The van der Waals surface area contributed by atoms with Crippen molar-refractivity contribution >= 4 is 31.6 Å². The first-order valence-electron chi connectivity index (χ1n) is 6.37. The van der Waals surface area contributed by atoms with Gasteiger partial charge in [0.15, 0.2) is 0 Å². The predicted molar refractivity (Wildman–Crippen MR) is 84.0 cm³/mol. The zero-order valence-corrected chi connectivity index (χ0v) is 14.3. The summed E-state index contributed by atoms with van der Waals surface area (Å²) in [6, 6.07) is 3.07. The van der Waals surface area contributed by atoms with E-state index >= 15 is 0 Å². The minimum absolute atomic E-state index is 0.0292. The molecule has 1 unspecified atom stereocenters. The van der Waals surface area contributed by atoms with E-state index < -0.39 is 15.6 Å². The fourth-order valence-corrected chi connectivity index (χ4v) is 3.79. The highest BCUT2D eigenvalue weighted by Crippen LogP contribution is 2.26. The number of nitrogens with two attached hydrogens (primary N) is 1. The van der Waals surface area contributed by atoms with Gasteiger partial charge in [-0.3, -0.25) is 0 Å². The molecule has 0 aliphatic carbocycles. The molecular formula is C13H21BrN2O3S. The fourth-order valence-electron chi connectivity index (χ4n) is 1.91. The van der Waals surface area contributed by atoms with Gasteiger partial charge in [0, 0.05) is 16.7 Å². The van der Waals surface area contributed by atoms with Gasteiger partial charge in [0.1, 0.15) is 0 Å². The summed E-state index contributed by atoms with van der Waals surface area (Å²) in [4.78, 5) is 0.130. The van der Waals surface area contributed by atoms with Crippen LogP contribution in [0.2, 0.25) is 0 Å². The summed E-state index contributed by atoms with van der Waals surface area (Å²) in [5.41, 5.74) is 5.62. The molecule has 0 aromatic heterocycles. The van der Waals surface area contributed by atoms with E-state index in [4.69, 9.17) is 5.73 Å². The maximum absolute atomic E-state index is 12.3. The standard InChI is InChI=1S/C13H21BrN2O3S/c1-4-5-13(3,17)8-16-20(18,19)12-7-11(15)10(14)6-9(12)2/h6-7,16-17H,4-5,8,15H2,1-3H3. The smallest absolute Gasteiger partial charge is 0.241 e. The van der Waals surface area contributed by atoms with E-state index in [9.17, 15) is 13.5 Å². The Morgan fingerprint density at radius 2 is 2.05 bits per heavy atom. The fraction of sp³-hybridized carbons (Fsp3) is 0.538. The molecule has 4 N–H and O–H groups in total. The van der Waals surface area contributed by atoms with Crippen LogP contribution >= 0.6 is 15.9 Å². The van der Waals surface area contributed by atoms with Crippen LogP contribution in [0, 0.1) is 6.92 Å². The van der Waals surface area contributed by atoms with Crippen LogP contribution in [0.5, 0.6) is 0 Å². The Morgan fingerprint density at radius 3 is 2.60 bits per heavy atom. The topological polar surface area (TPSA) is 92.4 Å². The van der Waals surface area contributed by atoms with Crippen LogP contribution in [0.3, 0.4) is 0 Å². The molecule has 7 heteroatoms. The van der Waals surface area contributed by atoms with Gasteiger partial charge in [-0.25, -0.2) is 13.1 Å². The zero-order chi connectivity index (χ0) is 15.6. The number of nitrogens with one attached hydrogen (secondary N) is 1. The molecule has 114 valence electrons. The van der Waals surface area contributed by atoms with E-state index in [1.165, 1.54) is 6.07 Å². The second-order valence-corrected chi connectivity index (χ2v) is 7.80. The van der Waals surface area contributed by atoms with Gasteiger partial charge in [-0.15, -0.1) is 0 Å². The maximum atomic E-state index is 12.3. The monoisotopic (exact) mass is 364 g/mol.